The van der Waals surface area contributed by atoms with Crippen LogP contribution in [-0.4, -0.2) is 30.2 Å². The van der Waals surface area contributed by atoms with Gasteiger partial charge in [0.2, 0.25) is 0 Å². The summed E-state index contributed by atoms with van der Waals surface area (Å²) in [7, 11) is 0. The maximum atomic E-state index is 11.5. The highest BCUT2D eigenvalue weighted by Crippen LogP contribution is 2.47. The number of urea groups is 1. The molecule has 18 heavy (non-hydrogen) atoms. The lowest BCUT2D eigenvalue weighted by molar-refractivity contribution is -0.137. The van der Waals surface area contributed by atoms with Gasteiger partial charge in [0.15, 0.2) is 0 Å². The summed E-state index contributed by atoms with van der Waals surface area (Å²) in [6.07, 6.45) is 4.28. The minimum atomic E-state index is -0.787. The first-order valence-corrected chi connectivity index (χ1v) is 6.71. The van der Waals surface area contributed by atoms with Crippen LogP contribution in [-0.2, 0) is 4.79 Å². The van der Waals surface area contributed by atoms with Crippen LogP contribution in [0.2, 0.25) is 0 Å². The number of carbonyl (C=O) groups excluding carboxylic acids is 1. The largest absolute Gasteiger partial charge is 0.481 e. The van der Waals surface area contributed by atoms with Crippen LogP contribution in [0.1, 0.15) is 46.0 Å². The van der Waals surface area contributed by atoms with Crippen molar-refractivity contribution in [3.05, 3.63) is 0 Å². The van der Waals surface area contributed by atoms with Crippen LogP contribution < -0.4 is 10.6 Å². The molecule has 0 aromatic carbocycles. The number of hydrogen-bond acceptors (Lipinski definition) is 2. The highest BCUT2D eigenvalue weighted by Gasteiger charge is 2.40. The molecule has 1 fully saturated rings. The van der Waals surface area contributed by atoms with E-state index in [4.69, 9.17) is 5.11 Å². The quantitative estimate of drug-likeness (QED) is 0.621. The second-order valence-electron chi connectivity index (χ2n) is 5.45. The van der Waals surface area contributed by atoms with Gasteiger partial charge < -0.3 is 15.7 Å². The van der Waals surface area contributed by atoms with E-state index < -0.39 is 5.97 Å². The van der Waals surface area contributed by atoms with Crippen molar-refractivity contribution in [1.29, 1.82) is 0 Å². The van der Waals surface area contributed by atoms with E-state index in [2.05, 4.69) is 17.6 Å². The Morgan fingerprint density at radius 1 is 1.33 bits per heavy atom. The Bertz CT molecular complexity index is 301. The Morgan fingerprint density at radius 3 is 2.50 bits per heavy atom. The van der Waals surface area contributed by atoms with Crippen molar-refractivity contribution >= 4 is 12.0 Å². The van der Waals surface area contributed by atoms with Crippen LogP contribution in [0.4, 0.5) is 4.79 Å². The van der Waals surface area contributed by atoms with Gasteiger partial charge in [-0.15, -0.1) is 0 Å². The molecule has 0 radical (unpaired) electrons. The van der Waals surface area contributed by atoms with Gasteiger partial charge in [0.25, 0.3) is 0 Å². The van der Waals surface area contributed by atoms with E-state index in [1.165, 1.54) is 12.8 Å². The highest BCUT2D eigenvalue weighted by atomic mass is 16.4. The van der Waals surface area contributed by atoms with Gasteiger partial charge in [-0.2, -0.15) is 0 Å². The van der Waals surface area contributed by atoms with Crippen molar-refractivity contribution in [2.24, 2.45) is 11.3 Å². The average molecular weight is 256 g/mol. The first-order valence-electron chi connectivity index (χ1n) is 6.71. The smallest absolute Gasteiger partial charge is 0.314 e. The van der Waals surface area contributed by atoms with Crippen LogP contribution in [0.3, 0.4) is 0 Å². The molecule has 1 aliphatic carbocycles. The fourth-order valence-corrected chi connectivity index (χ4v) is 1.90. The lowest BCUT2D eigenvalue weighted by Crippen LogP contribution is -2.40. The van der Waals surface area contributed by atoms with E-state index in [9.17, 15) is 9.59 Å². The Hall–Kier alpha value is -1.26. The molecule has 0 spiro atoms. The molecule has 0 aromatic heterocycles. The number of hydrogen-bond donors (Lipinski definition) is 3. The Labute approximate surface area is 108 Å². The SMILES string of the molecule is CCC1(CNC(=O)NCC(C)CCC(=O)O)CC1. The summed E-state index contributed by atoms with van der Waals surface area (Å²) in [5.41, 5.74) is 0.353. The number of aliphatic carboxylic acids is 1. The van der Waals surface area contributed by atoms with Crippen molar-refractivity contribution in [1.82, 2.24) is 10.6 Å². The van der Waals surface area contributed by atoms with E-state index in [0.717, 1.165) is 13.0 Å². The van der Waals surface area contributed by atoms with Gasteiger partial charge in [0, 0.05) is 19.5 Å². The van der Waals surface area contributed by atoms with E-state index in [1.54, 1.807) is 0 Å². The van der Waals surface area contributed by atoms with Gasteiger partial charge in [0.1, 0.15) is 0 Å². The molecule has 0 bridgehead atoms. The molecule has 1 rings (SSSR count). The number of rotatable bonds is 8. The van der Waals surface area contributed by atoms with Gasteiger partial charge in [-0.1, -0.05) is 13.8 Å². The van der Waals surface area contributed by atoms with Gasteiger partial charge in [0.05, 0.1) is 0 Å². The van der Waals surface area contributed by atoms with Crippen molar-refractivity contribution in [3.8, 4) is 0 Å². The highest BCUT2D eigenvalue weighted by molar-refractivity contribution is 5.73. The van der Waals surface area contributed by atoms with Crippen LogP contribution in [0, 0.1) is 11.3 Å². The van der Waals surface area contributed by atoms with Crippen LogP contribution in [0.15, 0.2) is 0 Å². The Morgan fingerprint density at radius 2 is 2.00 bits per heavy atom. The molecular weight excluding hydrogens is 232 g/mol. The van der Waals surface area contributed by atoms with Crippen LogP contribution in [0.5, 0.6) is 0 Å². The zero-order chi connectivity index (χ0) is 13.6. The number of carboxylic acids is 1. The van der Waals surface area contributed by atoms with Gasteiger partial charge in [-0.3, -0.25) is 4.79 Å². The Kier molecular flexibility index (Phi) is 5.44. The summed E-state index contributed by atoms with van der Waals surface area (Å²) < 4.78 is 0. The third kappa shape index (κ3) is 5.38. The lowest BCUT2D eigenvalue weighted by Gasteiger charge is -2.15. The predicted octanol–water partition coefficient (Wildman–Crippen LogP) is 1.98. The molecule has 0 heterocycles. The molecule has 1 unspecified atom stereocenters. The lowest BCUT2D eigenvalue weighted by atomic mass is 10.0. The zero-order valence-electron chi connectivity index (χ0n) is 11.3. The van der Waals surface area contributed by atoms with Crippen molar-refractivity contribution in [2.75, 3.05) is 13.1 Å². The van der Waals surface area contributed by atoms with Crippen molar-refractivity contribution in [3.63, 3.8) is 0 Å². The number of nitrogens with one attached hydrogen (secondary N) is 2. The zero-order valence-corrected chi connectivity index (χ0v) is 11.3. The standard InChI is InChI=1S/C13H24N2O3/c1-3-13(6-7-13)9-15-12(18)14-8-10(2)4-5-11(16)17/h10H,3-9H2,1-2H3,(H,16,17)(H2,14,15,18). The molecule has 5 nitrogen and oxygen atoms in total. The summed E-state index contributed by atoms with van der Waals surface area (Å²) in [4.78, 5) is 21.9. The second kappa shape index (κ2) is 6.61. The summed E-state index contributed by atoms with van der Waals surface area (Å²) in [5.74, 6) is -0.599. The normalized spacial score (nSPS) is 17.9. The van der Waals surface area contributed by atoms with Gasteiger partial charge >= 0.3 is 12.0 Å². The van der Waals surface area contributed by atoms with Crippen molar-refractivity contribution < 1.29 is 14.7 Å². The molecule has 1 aliphatic rings. The minimum Gasteiger partial charge on any atom is -0.481 e. The molecule has 5 heteroatoms. The predicted molar refractivity (Wildman–Crippen MR) is 69.4 cm³/mol. The molecule has 0 aromatic rings. The maximum Gasteiger partial charge on any atom is 0.314 e. The van der Waals surface area contributed by atoms with E-state index in [1.807, 2.05) is 6.92 Å². The first-order chi connectivity index (χ1) is 8.47. The molecule has 104 valence electrons. The minimum absolute atomic E-state index is 0.142. The number of carbonyl (C=O) groups is 2. The number of carboxylic acid groups (broad SMARTS) is 1. The second-order valence-corrected chi connectivity index (χ2v) is 5.45. The molecule has 1 saturated carbocycles. The van der Waals surface area contributed by atoms with Crippen LogP contribution in [0.25, 0.3) is 0 Å². The summed E-state index contributed by atoms with van der Waals surface area (Å²) in [6, 6.07) is -0.142. The maximum absolute atomic E-state index is 11.5. The van der Waals surface area contributed by atoms with Gasteiger partial charge in [-0.05, 0) is 37.0 Å². The van der Waals surface area contributed by atoms with Crippen molar-refractivity contribution in [2.45, 2.75) is 46.0 Å². The monoisotopic (exact) mass is 256 g/mol. The fourth-order valence-electron chi connectivity index (χ4n) is 1.90. The van der Waals surface area contributed by atoms with Crippen LogP contribution >= 0.6 is 0 Å². The molecular formula is C13H24N2O3. The number of amides is 2. The first kappa shape index (κ1) is 14.8. The molecule has 1 atom stereocenters. The summed E-state index contributed by atoms with van der Waals surface area (Å²) in [5, 5.41) is 14.2. The van der Waals surface area contributed by atoms with Gasteiger partial charge in [-0.25, -0.2) is 4.79 Å². The van der Waals surface area contributed by atoms with E-state index in [0.29, 0.717) is 18.4 Å². The molecule has 0 aliphatic heterocycles. The third-order valence-electron chi connectivity index (χ3n) is 3.79. The van der Waals surface area contributed by atoms with E-state index in [-0.39, 0.29) is 18.4 Å². The molecule has 2 amide bonds. The van der Waals surface area contributed by atoms with E-state index >= 15 is 0 Å². The topological polar surface area (TPSA) is 78.4 Å². The fraction of sp³-hybridized carbons (Fsp3) is 0.846. The Balaban J connectivity index is 2.07. The molecule has 0 saturated heterocycles. The third-order valence-corrected chi connectivity index (χ3v) is 3.79. The molecule has 3 N–H and O–H groups in total. The summed E-state index contributed by atoms with van der Waals surface area (Å²) in [6.45, 7) is 5.37. The average Bonchev–Trinajstić information content (AvgIpc) is 3.12. The summed E-state index contributed by atoms with van der Waals surface area (Å²) >= 11 is 0.